The van der Waals surface area contributed by atoms with Crippen molar-refractivity contribution in [3.8, 4) is 16.3 Å². The number of methoxy groups -OCH3 is 1. The second-order valence-electron chi connectivity index (χ2n) is 3.91. The van der Waals surface area contributed by atoms with Gasteiger partial charge in [0.1, 0.15) is 9.88 Å². The Balaban J connectivity index is 2.53. The molecule has 0 radical (unpaired) electrons. The predicted molar refractivity (Wildman–Crippen MR) is 71.0 cm³/mol. The van der Waals surface area contributed by atoms with E-state index in [2.05, 4.69) is 4.98 Å². The molecule has 0 aliphatic carbocycles. The SMILES string of the molecule is COc1ccc(-c2nc(C(=O)O)c(C(C)=O)s2)cc1F. The van der Waals surface area contributed by atoms with Crippen molar-refractivity contribution < 1.29 is 23.8 Å². The molecule has 0 saturated heterocycles. The van der Waals surface area contributed by atoms with Gasteiger partial charge in [0, 0.05) is 12.5 Å². The fourth-order valence-corrected chi connectivity index (χ4v) is 2.58. The van der Waals surface area contributed by atoms with Crippen LogP contribution in [0, 0.1) is 5.82 Å². The van der Waals surface area contributed by atoms with Crippen molar-refractivity contribution in [2.24, 2.45) is 0 Å². The van der Waals surface area contributed by atoms with Crippen molar-refractivity contribution in [3.63, 3.8) is 0 Å². The molecule has 0 saturated carbocycles. The molecule has 0 aliphatic heterocycles. The van der Waals surface area contributed by atoms with Crippen molar-refractivity contribution in [1.29, 1.82) is 0 Å². The highest BCUT2D eigenvalue weighted by Crippen LogP contribution is 2.31. The van der Waals surface area contributed by atoms with Crippen LogP contribution in [0.25, 0.3) is 10.6 Å². The maximum atomic E-state index is 13.6. The Morgan fingerprint density at radius 3 is 2.55 bits per heavy atom. The Morgan fingerprint density at radius 2 is 2.10 bits per heavy atom. The van der Waals surface area contributed by atoms with E-state index in [1.54, 1.807) is 6.07 Å². The van der Waals surface area contributed by atoms with Gasteiger partial charge >= 0.3 is 5.97 Å². The minimum absolute atomic E-state index is 0.0451. The van der Waals surface area contributed by atoms with E-state index in [1.165, 1.54) is 26.2 Å². The van der Waals surface area contributed by atoms with Crippen LogP contribution in [0.2, 0.25) is 0 Å². The minimum atomic E-state index is -1.29. The third-order valence-electron chi connectivity index (χ3n) is 2.55. The van der Waals surface area contributed by atoms with Gasteiger partial charge in [0.25, 0.3) is 0 Å². The number of carboxylic acid groups (broad SMARTS) is 1. The second-order valence-corrected chi connectivity index (χ2v) is 4.91. The van der Waals surface area contributed by atoms with Gasteiger partial charge in [-0.15, -0.1) is 11.3 Å². The van der Waals surface area contributed by atoms with E-state index in [0.717, 1.165) is 11.3 Å². The summed E-state index contributed by atoms with van der Waals surface area (Å²) in [6.45, 7) is 1.26. The third kappa shape index (κ3) is 2.53. The Bertz CT molecular complexity index is 664. The number of nitrogens with zero attached hydrogens (tertiary/aromatic N) is 1. The molecule has 0 unspecified atom stereocenters. The van der Waals surface area contributed by atoms with Gasteiger partial charge in [0.2, 0.25) is 0 Å². The number of rotatable bonds is 4. The first kappa shape index (κ1) is 14.1. The molecule has 0 amide bonds. The molecule has 0 atom stereocenters. The first-order valence-electron chi connectivity index (χ1n) is 5.53. The summed E-state index contributed by atoms with van der Waals surface area (Å²) in [7, 11) is 1.35. The topological polar surface area (TPSA) is 76.5 Å². The molecule has 0 spiro atoms. The van der Waals surface area contributed by atoms with Crippen LogP contribution in [-0.2, 0) is 0 Å². The molecule has 1 N–H and O–H groups in total. The van der Waals surface area contributed by atoms with Gasteiger partial charge in [-0.25, -0.2) is 14.2 Å². The van der Waals surface area contributed by atoms with Crippen LogP contribution in [0.15, 0.2) is 18.2 Å². The van der Waals surface area contributed by atoms with Crippen LogP contribution in [0.1, 0.15) is 27.1 Å². The average Bonchev–Trinajstić information content (AvgIpc) is 2.84. The molecule has 0 aliphatic rings. The molecular formula is C13H10FNO4S. The van der Waals surface area contributed by atoms with Gasteiger partial charge in [-0.05, 0) is 18.2 Å². The van der Waals surface area contributed by atoms with Crippen LogP contribution < -0.4 is 4.74 Å². The smallest absolute Gasteiger partial charge is 0.356 e. The Labute approximate surface area is 117 Å². The van der Waals surface area contributed by atoms with E-state index in [0.29, 0.717) is 5.56 Å². The van der Waals surface area contributed by atoms with Crippen LogP contribution in [-0.4, -0.2) is 29.0 Å². The normalized spacial score (nSPS) is 10.3. The third-order valence-corrected chi connectivity index (χ3v) is 3.75. The van der Waals surface area contributed by atoms with Gasteiger partial charge in [-0.3, -0.25) is 4.79 Å². The average molecular weight is 295 g/mol. The van der Waals surface area contributed by atoms with Crippen LogP contribution in [0.5, 0.6) is 5.75 Å². The maximum Gasteiger partial charge on any atom is 0.356 e. The van der Waals surface area contributed by atoms with Gasteiger partial charge in [0.15, 0.2) is 23.0 Å². The Kier molecular flexibility index (Phi) is 3.80. The molecule has 2 aromatic rings. The molecule has 2 rings (SSSR count). The number of carboxylic acids is 1. The van der Waals surface area contributed by atoms with Crippen molar-refractivity contribution in [1.82, 2.24) is 4.98 Å². The molecule has 104 valence electrons. The number of ether oxygens (including phenoxy) is 1. The standard InChI is InChI=1S/C13H10FNO4S/c1-6(16)11-10(13(17)18)15-12(20-11)7-3-4-9(19-2)8(14)5-7/h3-5H,1-2H3,(H,17,18). The molecule has 20 heavy (non-hydrogen) atoms. The van der Waals surface area contributed by atoms with Crippen LogP contribution in [0.3, 0.4) is 0 Å². The van der Waals surface area contributed by atoms with Crippen LogP contribution in [0.4, 0.5) is 4.39 Å². The van der Waals surface area contributed by atoms with E-state index in [4.69, 9.17) is 9.84 Å². The minimum Gasteiger partial charge on any atom is -0.494 e. The monoisotopic (exact) mass is 295 g/mol. The molecule has 7 heteroatoms. The van der Waals surface area contributed by atoms with E-state index in [9.17, 15) is 14.0 Å². The number of halogens is 1. The zero-order valence-electron chi connectivity index (χ0n) is 10.6. The van der Waals surface area contributed by atoms with Crippen molar-refractivity contribution >= 4 is 23.1 Å². The summed E-state index contributed by atoms with van der Waals surface area (Å²) in [5, 5.41) is 9.28. The van der Waals surface area contributed by atoms with Gasteiger partial charge in [-0.1, -0.05) is 0 Å². The summed E-state index contributed by atoms with van der Waals surface area (Å²) in [6, 6.07) is 4.16. The highest BCUT2D eigenvalue weighted by molar-refractivity contribution is 7.17. The summed E-state index contributed by atoms with van der Waals surface area (Å²) in [4.78, 5) is 26.4. The zero-order chi connectivity index (χ0) is 14.9. The quantitative estimate of drug-likeness (QED) is 0.878. The largest absolute Gasteiger partial charge is 0.494 e. The second kappa shape index (κ2) is 5.38. The Hall–Kier alpha value is -2.28. The number of Topliss-reactive ketones (excluding diaryl/α,β-unsaturated/α-hetero) is 1. The first-order chi connectivity index (χ1) is 9.43. The molecule has 1 heterocycles. The highest BCUT2D eigenvalue weighted by atomic mass is 32.1. The number of aromatic nitrogens is 1. The number of aromatic carboxylic acids is 1. The molecular weight excluding hydrogens is 285 g/mol. The van der Waals surface area contributed by atoms with Gasteiger partial charge in [0.05, 0.1) is 7.11 Å². The van der Waals surface area contributed by atoms with E-state index >= 15 is 0 Å². The maximum absolute atomic E-state index is 13.6. The molecule has 5 nitrogen and oxygen atoms in total. The van der Waals surface area contributed by atoms with Crippen molar-refractivity contribution in [3.05, 3.63) is 34.6 Å². The van der Waals surface area contributed by atoms with Crippen molar-refractivity contribution in [2.75, 3.05) is 7.11 Å². The fourth-order valence-electron chi connectivity index (χ4n) is 1.63. The van der Waals surface area contributed by atoms with Gasteiger partial charge in [-0.2, -0.15) is 0 Å². The van der Waals surface area contributed by atoms with E-state index in [1.807, 2.05) is 0 Å². The predicted octanol–water partition coefficient (Wildman–Crippen LogP) is 2.86. The molecule has 1 aromatic carbocycles. The number of benzene rings is 1. The molecule has 0 bridgehead atoms. The first-order valence-corrected chi connectivity index (χ1v) is 6.34. The van der Waals surface area contributed by atoms with Gasteiger partial charge < -0.3 is 9.84 Å². The lowest BCUT2D eigenvalue weighted by molar-refractivity contribution is 0.0687. The summed E-state index contributed by atoms with van der Waals surface area (Å²) in [5.41, 5.74) is 0.0806. The van der Waals surface area contributed by atoms with E-state index in [-0.39, 0.29) is 27.1 Å². The lowest BCUT2D eigenvalue weighted by atomic mass is 10.2. The number of thiazole rings is 1. The molecule has 0 fully saturated rings. The lowest BCUT2D eigenvalue weighted by Gasteiger charge is -2.02. The number of hydrogen-bond donors (Lipinski definition) is 1. The summed E-state index contributed by atoms with van der Waals surface area (Å²) >= 11 is 0.922. The number of carbonyl (C=O) groups is 2. The summed E-state index contributed by atoms with van der Waals surface area (Å²) in [6.07, 6.45) is 0. The number of hydrogen-bond acceptors (Lipinski definition) is 5. The number of carbonyl (C=O) groups excluding carboxylic acids is 1. The van der Waals surface area contributed by atoms with Crippen molar-refractivity contribution in [2.45, 2.75) is 6.92 Å². The van der Waals surface area contributed by atoms with Crippen LogP contribution >= 0.6 is 11.3 Å². The fraction of sp³-hybridized carbons (Fsp3) is 0.154. The summed E-state index contributed by atoms with van der Waals surface area (Å²) in [5.74, 6) is -2.18. The zero-order valence-corrected chi connectivity index (χ0v) is 11.5. The molecule has 1 aromatic heterocycles. The number of ketones is 1. The Morgan fingerprint density at radius 1 is 1.40 bits per heavy atom. The summed E-state index contributed by atoms with van der Waals surface area (Å²) < 4.78 is 18.4. The van der Waals surface area contributed by atoms with E-state index < -0.39 is 11.8 Å². The highest BCUT2D eigenvalue weighted by Gasteiger charge is 2.21. The lowest BCUT2D eigenvalue weighted by Crippen LogP contribution is -2.03.